The molecule has 1 aromatic carbocycles. The van der Waals surface area contributed by atoms with Crippen LogP contribution in [0.25, 0.3) is 0 Å². The molecule has 1 aromatic heterocycles. The van der Waals surface area contributed by atoms with Gasteiger partial charge in [0.25, 0.3) is 15.7 Å². The van der Waals surface area contributed by atoms with Crippen LogP contribution in [-0.2, 0) is 17.1 Å². The van der Waals surface area contributed by atoms with Crippen LogP contribution < -0.4 is 4.72 Å². The van der Waals surface area contributed by atoms with Crippen LogP contribution in [0.1, 0.15) is 0 Å². The van der Waals surface area contributed by atoms with Crippen LogP contribution in [0, 0.1) is 10.1 Å². The molecule has 112 valence electrons. The maximum absolute atomic E-state index is 12.2. The van der Waals surface area contributed by atoms with E-state index in [1.165, 1.54) is 13.1 Å². The number of nitrogens with one attached hydrogen (secondary N) is 1. The van der Waals surface area contributed by atoms with E-state index in [4.69, 9.17) is 11.6 Å². The van der Waals surface area contributed by atoms with Gasteiger partial charge in [0.15, 0.2) is 10.7 Å². The smallest absolute Gasteiger partial charge is 0.297 e. The average molecular weight is 333 g/mol. The molecule has 1 heterocycles. The third kappa shape index (κ3) is 2.76. The van der Waals surface area contributed by atoms with E-state index >= 15 is 0 Å². The van der Waals surface area contributed by atoms with Crippen molar-refractivity contribution in [3.05, 3.63) is 39.5 Å². The number of phenols is 1. The molecule has 0 bridgehead atoms. The highest BCUT2D eigenvalue weighted by atomic mass is 35.5. The molecule has 0 aliphatic heterocycles. The van der Waals surface area contributed by atoms with E-state index in [2.05, 4.69) is 5.10 Å². The summed E-state index contributed by atoms with van der Waals surface area (Å²) in [6.07, 6.45) is 1.12. The fourth-order valence-electron chi connectivity index (χ4n) is 1.67. The molecular formula is C10H9ClN4O5S. The van der Waals surface area contributed by atoms with Gasteiger partial charge < -0.3 is 5.11 Å². The number of rotatable bonds is 4. The first kappa shape index (κ1) is 15.1. The minimum Gasteiger partial charge on any atom is -0.505 e. The number of aromatic nitrogens is 2. The lowest BCUT2D eigenvalue weighted by molar-refractivity contribution is -0.383. The highest BCUT2D eigenvalue weighted by molar-refractivity contribution is 7.92. The number of aryl methyl sites for hydroxylation is 1. The predicted octanol–water partition coefficient (Wildman–Crippen LogP) is 1.49. The highest BCUT2D eigenvalue weighted by Gasteiger charge is 2.28. The van der Waals surface area contributed by atoms with E-state index < -0.39 is 32.1 Å². The van der Waals surface area contributed by atoms with E-state index in [1.807, 2.05) is 4.72 Å². The molecule has 0 aliphatic rings. The Morgan fingerprint density at radius 2 is 2.14 bits per heavy atom. The number of sulfonamides is 1. The number of nitrogens with zero attached hydrogens (tertiary/aromatic N) is 3. The van der Waals surface area contributed by atoms with Crippen LogP contribution in [0.2, 0.25) is 5.02 Å². The van der Waals surface area contributed by atoms with Gasteiger partial charge in [0, 0.05) is 13.1 Å². The number of para-hydroxylation sites is 1. The molecule has 0 fully saturated rings. The minimum absolute atomic E-state index is 0.150. The maximum atomic E-state index is 12.2. The van der Waals surface area contributed by atoms with Gasteiger partial charge in [-0.25, -0.2) is 0 Å². The van der Waals surface area contributed by atoms with Crippen molar-refractivity contribution in [2.24, 2.45) is 7.05 Å². The third-order valence-corrected chi connectivity index (χ3v) is 4.41. The second-order valence-corrected chi connectivity index (χ2v) is 5.96. The van der Waals surface area contributed by atoms with Crippen molar-refractivity contribution in [3.8, 4) is 5.75 Å². The number of halogens is 1. The Balaban J connectivity index is 2.55. The number of anilines is 1. The summed E-state index contributed by atoms with van der Waals surface area (Å²) in [6.45, 7) is 0. The van der Waals surface area contributed by atoms with Crippen molar-refractivity contribution in [3.63, 3.8) is 0 Å². The molecule has 11 heteroatoms. The standard InChI is InChI=1S/C10H9ClN4O5S/c1-14-10(6(11)5-12-14)21(19,20)13-9-7(15(17)18)3-2-4-8(9)16/h2-5,13,16H,1H3. The van der Waals surface area contributed by atoms with Crippen LogP contribution in [0.5, 0.6) is 5.75 Å². The zero-order chi connectivity index (χ0) is 15.8. The molecule has 0 atom stereocenters. The van der Waals surface area contributed by atoms with Gasteiger partial charge in [-0.05, 0) is 6.07 Å². The number of phenolic OH excluding ortho intramolecular Hbond substituents is 1. The lowest BCUT2D eigenvalue weighted by Gasteiger charge is -2.10. The Labute approximate surface area is 124 Å². The van der Waals surface area contributed by atoms with Gasteiger partial charge in [0.1, 0.15) is 5.75 Å². The summed E-state index contributed by atoms with van der Waals surface area (Å²) in [5.41, 5.74) is -1.13. The van der Waals surface area contributed by atoms with Gasteiger partial charge in [0.2, 0.25) is 0 Å². The molecule has 0 spiro atoms. The number of hydrogen-bond acceptors (Lipinski definition) is 6. The van der Waals surface area contributed by atoms with Crippen LogP contribution in [0.3, 0.4) is 0 Å². The summed E-state index contributed by atoms with van der Waals surface area (Å²) in [6, 6.07) is 3.40. The molecule has 0 saturated carbocycles. The lowest BCUT2D eigenvalue weighted by Crippen LogP contribution is -2.18. The van der Waals surface area contributed by atoms with Crippen molar-refractivity contribution in [1.29, 1.82) is 0 Å². The van der Waals surface area contributed by atoms with Gasteiger partial charge in [0.05, 0.1) is 16.1 Å². The van der Waals surface area contributed by atoms with Crippen molar-refractivity contribution < 1.29 is 18.4 Å². The molecule has 0 amide bonds. The number of benzene rings is 1. The quantitative estimate of drug-likeness (QED) is 0.496. The molecule has 0 unspecified atom stereocenters. The Morgan fingerprint density at radius 3 is 2.67 bits per heavy atom. The van der Waals surface area contributed by atoms with Gasteiger partial charge in [-0.2, -0.15) is 13.5 Å². The maximum Gasteiger partial charge on any atom is 0.297 e. The van der Waals surface area contributed by atoms with E-state index in [0.29, 0.717) is 0 Å². The molecule has 2 N–H and O–H groups in total. The van der Waals surface area contributed by atoms with Gasteiger partial charge in [-0.15, -0.1) is 0 Å². The largest absolute Gasteiger partial charge is 0.505 e. The van der Waals surface area contributed by atoms with E-state index in [9.17, 15) is 23.6 Å². The topological polar surface area (TPSA) is 127 Å². The SMILES string of the molecule is Cn1ncc(Cl)c1S(=O)(=O)Nc1c(O)cccc1[N+](=O)[O-]. The molecule has 2 aromatic rings. The number of nitro benzene ring substituents is 1. The van der Waals surface area contributed by atoms with Crippen LogP contribution in [0.15, 0.2) is 29.4 Å². The van der Waals surface area contributed by atoms with E-state index in [0.717, 1.165) is 23.0 Å². The van der Waals surface area contributed by atoms with E-state index in [1.54, 1.807) is 0 Å². The second kappa shape index (κ2) is 5.22. The predicted molar refractivity (Wildman–Crippen MR) is 73.8 cm³/mol. The molecule has 9 nitrogen and oxygen atoms in total. The number of hydrogen-bond donors (Lipinski definition) is 2. The molecule has 21 heavy (non-hydrogen) atoms. The summed E-state index contributed by atoms with van der Waals surface area (Å²) < 4.78 is 27.4. The van der Waals surface area contributed by atoms with Gasteiger partial charge in [-0.1, -0.05) is 17.7 Å². The molecule has 2 rings (SSSR count). The minimum atomic E-state index is -4.26. The fraction of sp³-hybridized carbons (Fsp3) is 0.100. The number of nitro groups is 1. The summed E-state index contributed by atoms with van der Waals surface area (Å²) in [5.74, 6) is -0.578. The van der Waals surface area contributed by atoms with Crippen LogP contribution >= 0.6 is 11.6 Å². The van der Waals surface area contributed by atoms with Crippen molar-refractivity contribution in [1.82, 2.24) is 9.78 Å². The lowest BCUT2D eigenvalue weighted by atomic mass is 10.2. The zero-order valence-corrected chi connectivity index (χ0v) is 12.1. The first-order chi connectivity index (χ1) is 9.74. The highest BCUT2D eigenvalue weighted by Crippen LogP contribution is 2.35. The second-order valence-electron chi connectivity index (χ2n) is 3.96. The molecule has 0 aliphatic carbocycles. The Bertz CT molecular complexity index is 797. The van der Waals surface area contributed by atoms with Crippen LogP contribution in [-0.4, -0.2) is 28.2 Å². The molecular weight excluding hydrogens is 324 g/mol. The Hall–Kier alpha value is -2.33. The molecule has 0 saturated heterocycles. The molecule has 0 radical (unpaired) electrons. The summed E-state index contributed by atoms with van der Waals surface area (Å²) in [7, 11) is -2.91. The zero-order valence-electron chi connectivity index (χ0n) is 10.5. The first-order valence-corrected chi connectivity index (χ1v) is 7.27. The van der Waals surface area contributed by atoms with E-state index in [-0.39, 0.29) is 10.0 Å². The summed E-state index contributed by atoms with van der Waals surface area (Å²) >= 11 is 5.74. The Morgan fingerprint density at radius 1 is 1.48 bits per heavy atom. The van der Waals surface area contributed by atoms with Crippen molar-refractivity contribution >= 4 is 33.0 Å². The van der Waals surface area contributed by atoms with Crippen LogP contribution in [0.4, 0.5) is 11.4 Å². The normalized spacial score (nSPS) is 11.3. The van der Waals surface area contributed by atoms with Gasteiger partial charge >= 0.3 is 0 Å². The van der Waals surface area contributed by atoms with Crippen molar-refractivity contribution in [2.45, 2.75) is 5.03 Å². The van der Waals surface area contributed by atoms with Gasteiger partial charge in [-0.3, -0.25) is 19.5 Å². The summed E-state index contributed by atoms with van der Waals surface area (Å²) in [5, 5.41) is 23.7. The first-order valence-electron chi connectivity index (χ1n) is 5.40. The monoisotopic (exact) mass is 332 g/mol. The summed E-state index contributed by atoms with van der Waals surface area (Å²) in [4.78, 5) is 10.1. The fourth-order valence-corrected chi connectivity index (χ4v) is 3.42. The Kier molecular flexibility index (Phi) is 3.75. The number of aromatic hydroxyl groups is 1. The average Bonchev–Trinajstić information content (AvgIpc) is 2.71. The third-order valence-electron chi connectivity index (χ3n) is 2.55. The van der Waals surface area contributed by atoms with Crippen molar-refractivity contribution in [2.75, 3.05) is 4.72 Å².